The molecule has 0 amide bonds. The van der Waals surface area contributed by atoms with Gasteiger partial charge in [0.05, 0.1) is 28.5 Å². The highest BCUT2D eigenvalue weighted by Crippen LogP contribution is 2.22. The normalized spacial score (nSPS) is 11.3. The number of aromatic nitrogens is 2. The molecule has 0 aliphatic carbocycles. The van der Waals surface area contributed by atoms with Crippen LogP contribution >= 0.6 is 0 Å². The number of nitrogens with two attached hydrogens (primary N) is 2. The fraction of sp³-hybridized carbons (Fsp3) is 0.167. The van der Waals surface area contributed by atoms with Gasteiger partial charge in [-0.25, -0.2) is 23.5 Å². The van der Waals surface area contributed by atoms with Crippen LogP contribution in [-0.4, -0.2) is 18.4 Å². The first-order chi connectivity index (χ1) is 9.36. The van der Waals surface area contributed by atoms with Crippen molar-refractivity contribution in [3.05, 3.63) is 42.0 Å². The molecule has 2 rings (SSSR count). The van der Waals surface area contributed by atoms with Gasteiger partial charge >= 0.3 is 0 Å². The van der Waals surface area contributed by atoms with Gasteiger partial charge in [-0.2, -0.15) is 0 Å². The van der Waals surface area contributed by atoms with E-state index in [9.17, 15) is 8.42 Å². The van der Waals surface area contributed by atoms with Crippen LogP contribution in [0.2, 0.25) is 0 Å². The summed E-state index contributed by atoms with van der Waals surface area (Å²) < 4.78 is 22.6. The van der Waals surface area contributed by atoms with Crippen LogP contribution in [0.5, 0.6) is 0 Å². The standard InChI is InChI=1S/C12H15N5O2S/c1-8-15-5-4-9(17-8)7-16-12-6-10(20(14,18)19)2-3-11(12)13/h2-6,16H,7,13H2,1H3,(H2,14,18,19). The fourth-order valence-corrected chi connectivity index (χ4v) is 2.19. The van der Waals surface area contributed by atoms with Gasteiger partial charge in [0, 0.05) is 6.20 Å². The van der Waals surface area contributed by atoms with E-state index in [2.05, 4.69) is 15.3 Å². The number of nitrogens with zero attached hydrogens (tertiary/aromatic N) is 2. The lowest BCUT2D eigenvalue weighted by Gasteiger charge is -2.10. The van der Waals surface area contributed by atoms with Crippen molar-refractivity contribution in [3.8, 4) is 0 Å². The molecule has 0 bridgehead atoms. The van der Waals surface area contributed by atoms with Gasteiger partial charge in [0.15, 0.2) is 0 Å². The average Bonchev–Trinajstić information content (AvgIpc) is 2.36. The maximum absolute atomic E-state index is 11.3. The molecule has 0 atom stereocenters. The molecule has 20 heavy (non-hydrogen) atoms. The molecule has 0 radical (unpaired) electrons. The van der Waals surface area contributed by atoms with Gasteiger partial charge in [0.25, 0.3) is 0 Å². The predicted molar refractivity (Wildman–Crippen MR) is 76.3 cm³/mol. The summed E-state index contributed by atoms with van der Waals surface area (Å²) in [6, 6.07) is 6.02. The number of rotatable bonds is 4. The summed E-state index contributed by atoms with van der Waals surface area (Å²) in [5.41, 5.74) is 7.50. The first-order valence-electron chi connectivity index (χ1n) is 5.81. The number of hydrogen-bond acceptors (Lipinski definition) is 6. The van der Waals surface area contributed by atoms with E-state index in [1.807, 2.05) is 0 Å². The molecule has 7 nitrogen and oxygen atoms in total. The van der Waals surface area contributed by atoms with Gasteiger partial charge < -0.3 is 11.1 Å². The van der Waals surface area contributed by atoms with Crippen LogP contribution in [0.4, 0.5) is 11.4 Å². The molecule has 0 aliphatic rings. The van der Waals surface area contributed by atoms with E-state index in [0.717, 1.165) is 5.69 Å². The van der Waals surface area contributed by atoms with Gasteiger partial charge in [-0.1, -0.05) is 0 Å². The SMILES string of the molecule is Cc1nccc(CNc2cc(S(N)(=O)=O)ccc2N)n1. The molecule has 0 saturated heterocycles. The zero-order valence-corrected chi connectivity index (χ0v) is 11.7. The van der Waals surface area contributed by atoms with Gasteiger partial charge in [-0.15, -0.1) is 0 Å². The van der Waals surface area contributed by atoms with Crippen LogP contribution in [0.3, 0.4) is 0 Å². The van der Waals surface area contributed by atoms with Gasteiger partial charge in [0.2, 0.25) is 10.0 Å². The van der Waals surface area contributed by atoms with Gasteiger partial charge in [-0.3, -0.25) is 0 Å². The zero-order valence-electron chi connectivity index (χ0n) is 10.9. The average molecular weight is 293 g/mol. The maximum atomic E-state index is 11.3. The molecular formula is C12H15N5O2S. The molecule has 0 aliphatic heterocycles. The number of nitrogens with one attached hydrogen (secondary N) is 1. The van der Waals surface area contributed by atoms with Crippen molar-refractivity contribution in [1.29, 1.82) is 0 Å². The third-order valence-electron chi connectivity index (χ3n) is 2.65. The third kappa shape index (κ3) is 3.43. The third-order valence-corrected chi connectivity index (χ3v) is 3.56. The molecule has 1 aromatic heterocycles. The van der Waals surface area contributed by atoms with Crippen LogP contribution in [0.25, 0.3) is 0 Å². The molecule has 2 aromatic rings. The number of primary sulfonamides is 1. The van der Waals surface area contributed by atoms with E-state index in [0.29, 0.717) is 23.7 Å². The number of benzene rings is 1. The number of nitrogen functional groups attached to an aromatic ring is 1. The number of sulfonamides is 1. The topological polar surface area (TPSA) is 124 Å². The van der Waals surface area contributed by atoms with Crippen LogP contribution in [0.1, 0.15) is 11.5 Å². The summed E-state index contributed by atoms with van der Waals surface area (Å²) in [5.74, 6) is 0.663. The monoisotopic (exact) mass is 293 g/mol. The van der Waals surface area contributed by atoms with Gasteiger partial charge in [0.1, 0.15) is 5.82 Å². The van der Waals surface area contributed by atoms with E-state index >= 15 is 0 Å². The molecule has 1 heterocycles. The lowest BCUT2D eigenvalue weighted by atomic mass is 10.2. The molecule has 0 unspecified atom stereocenters. The summed E-state index contributed by atoms with van der Waals surface area (Å²) in [7, 11) is -3.75. The molecule has 5 N–H and O–H groups in total. The summed E-state index contributed by atoms with van der Waals surface area (Å²) in [4.78, 5) is 8.24. The highest BCUT2D eigenvalue weighted by atomic mass is 32.2. The van der Waals surface area contributed by atoms with Crippen LogP contribution < -0.4 is 16.2 Å². The first kappa shape index (κ1) is 14.2. The quantitative estimate of drug-likeness (QED) is 0.710. The molecule has 0 fully saturated rings. The van der Waals surface area contributed by atoms with Crippen molar-refractivity contribution in [2.45, 2.75) is 18.4 Å². The highest BCUT2D eigenvalue weighted by Gasteiger charge is 2.10. The Kier molecular flexibility index (Phi) is 3.86. The van der Waals surface area contributed by atoms with Crippen molar-refractivity contribution in [3.63, 3.8) is 0 Å². The number of hydrogen-bond donors (Lipinski definition) is 3. The number of aryl methyl sites for hydroxylation is 1. The molecule has 8 heteroatoms. The van der Waals surface area contributed by atoms with Crippen molar-refractivity contribution < 1.29 is 8.42 Å². The second-order valence-electron chi connectivity index (χ2n) is 4.24. The zero-order chi connectivity index (χ0) is 14.8. The second-order valence-corrected chi connectivity index (χ2v) is 5.80. The molecule has 1 aromatic carbocycles. The molecule has 0 saturated carbocycles. The van der Waals surface area contributed by atoms with Crippen molar-refractivity contribution in [2.24, 2.45) is 5.14 Å². The van der Waals surface area contributed by atoms with Crippen LogP contribution in [0.15, 0.2) is 35.4 Å². The smallest absolute Gasteiger partial charge is 0.238 e. The maximum Gasteiger partial charge on any atom is 0.238 e. The summed E-state index contributed by atoms with van der Waals surface area (Å²) in [6.07, 6.45) is 1.66. The first-order valence-corrected chi connectivity index (χ1v) is 7.35. The minimum atomic E-state index is -3.75. The van der Waals surface area contributed by atoms with Crippen LogP contribution in [0, 0.1) is 6.92 Å². The van der Waals surface area contributed by atoms with Crippen molar-refractivity contribution in [2.75, 3.05) is 11.1 Å². The van der Waals surface area contributed by atoms with E-state index in [4.69, 9.17) is 10.9 Å². The Hall–Kier alpha value is -2.19. The second kappa shape index (κ2) is 5.43. The van der Waals surface area contributed by atoms with E-state index in [-0.39, 0.29) is 4.90 Å². The van der Waals surface area contributed by atoms with Crippen molar-refractivity contribution >= 4 is 21.4 Å². The largest absolute Gasteiger partial charge is 0.397 e. The lowest BCUT2D eigenvalue weighted by Crippen LogP contribution is -2.13. The summed E-state index contributed by atoms with van der Waals surface area (Å²) in [5, 5.41) is 8.12. The highest BCUT2D eigenvalue weighted by molar-refractivity contribution is 7.89. The molecular weight excluding hydrogens is 278 g/mol. The predicted octanol–water partition coefficient (Wildman–Crippen LogP) is 0.627. The Balaban J connectivity index is 2.21. The Morgan fingerprint density at radius 3 is 2.70 bits per heavy atom. The fourth-order valence-electron chi connectivity index (χ4n) is 1.65. The van der Waals surface area contributed by atoms with E-state index in [1.54, 1.807) is 19.2 Å². The summed E-state index contributed by atoms with van der Waals surface area (Å²) >= 11 is 0. The molecule has 106 valence electrons. The Bertz CT molecular complexity index is 730. The minimum Gasteiger partial charge on any atom is -0.397 e. The van der Waals surface area contributed by atoms with Crippen molar-refractivity contribution in [1.82, 2.24) is 9.97 Å². The Morgan fingerprint density at radius 2 is 2.05 bits per heavy atom. The number of anilines is 2. The van der Waals surface area contributed by atoms with E-state index in [1.165, 1.54) is 18.2 Å². The molecule has 0 spiro atoms. The Labute approximate surface area is 117 Å². The lowest BCUT2D eigenvalue weighted by molar-refractivity contribution is 0.598. The van der Waals surface area contributed by atoms with Crippen LogP contribution in [-0.2, 0) is 16.6 Å². The van der Waals surface area contributed by atoms with Gasteiger partial charge in [-0.05, 0) is 31.2 Å². The summed E-state index contributed by atoms with van der Waals surface area (Å²) in [6.45, 7) is 2.20. The minimum absolute atomic E-state index is 0.00747. The Morgan fingerprint density at radius 1 is 1.30 bits per heavy atom. The van der Waals surface area contributed by atoms with E-state index < -0.39 is 10.0 Å².